The lowest BCUT2D eigenvalue weighted by Gasteiger charge is -2.33. The molecule has 4 heterocycles. The maximum absolute atomic E-state index is 12.8. The van der Waals surface area contributed by atoms with Crippen molar-refractivity contribution >= 4 is 34.5 Å². The Kier molecular flexibility index (Phi) is 5.73. The lowest BCUT2D eigenvalue weighted by atomic mass is 9.88. The Labute approximate surface area is 211 Å². The van der Waals surface area contributed by atoms with Crippen LogP contribution < -0.4 is 25.8 Å². The molecule has 1 aromatic carbocycles. The lowest BCUT2D eigenvalue weighted by molar-refractivity contribution is -0.118. The van der Waals surface area contributed by atoms with E-state index in [-0.39, 0.29) is 36.3 Å². The third-order valence-electron chi connectivity index (χ3n) is 7.13. The van der Waals surface area contributed by atoms with E-state index in [1.54, 1.807) is 45.9 Å². The molecule has 0 bridgehead atoms. The van der Waals surface area contributed by atoms with Crippen molar-refractivity contribution in [1.29, 1.82) is 5.26 Å². The van der Waals surface area contributed by atoms with E-state index in [0.717, 1.165) is 23.7 Å². The number of anilines is 2. The van der Waals surface area contributed by atoms with Gasteiger partial charge in [0.05, 0.1) is 23.2 Å². The molecule has 2 amide bonds. The number of nitrogens with one attached hydrogen (secondary N) is 2. The number of benzene rings is 1. The fourth-order valence-corrected chi connectivity index (χ4v) is 5.38. The number of pyridine rings is 2. The van der Waals surface area contributed by atoms with Gasteiger partial charge in [0.2, 0.25) is 0 Å². The molecule has 1 saturated heterocycles. The highest BCUT2D eigenvalue weighted by atomic mass is 16.6. The van der Waals surface area contributed by atoms with Crippen LogP contribution in [0, 0.1) is 11.3 Å². The van der Waals surface area contributed by atoms with Crippen molar-refractivity contribution in [3.63, 3.8) is 0 Å². The lowest BCUT2D eigenvalue weighted by Crippen LogP contribution is -2.46. The van der Waals surface area contributed by atoms with Crippen LogP contribution in [0.25, 0.3) is 10.9 Å². The van der Waals surface area contributed by atoms with Gasteiger partial charge in [-0.05, 0) is 54.6 Å². The second kappa shape index (κ2) is 9.22. The quantitative estimate of drug-likeness (QED) is 0.543. The van der Waals surface area contributed by atoms with Gasteiger partial charge in [0, 0.05) is 31.6 Å². The average Bonchev–Trinajstić information content (AvgIpc) is 3.24. The van der Waals surface area contributed by atoms with Crippen molar-refractivity contribution in [2.45, 2.75) is 44.0 Å². The summed E-state index contributed by atoms with van der Waals surface area (Å²) in [4.78, 5) is 42.9. The summed E-state index contributed by atoms with van der Waals surface area (Å²) in [5.74, 6) is 0.899. The van der Waals surface area contributed by atoms with Crippen molar-refractivity contribution in [3.05, 3.63) is 58.4 Å². The Balaban J connectivity index is 1.10. The number of ether oxygens (including phenoxy) is 2. The van der Waals surface area contributed by atoms with Gasteiger partial charge in [-0.15, -0.1) is 0 Å². The topological polar surface area (TPSA) is 139 Å². The van der Waals surface area contributed by atoms with E-state index < -0.39 is 6.09 Å². The van der Waals surface area contributed by atoms with E-state index >= 15 is 0 Å². The first kappa shape index (κ1) is 23.0. The van der Waals surface area contributed by atoms with E-state index in [2.05, 4.69) is 21.7 Å². The molecule has 3 atom stereocenters. The van der Waals surface area contributed by atoms with Crippen molar-refractivity contribution in [2.75, 3.05) is 23.4 Å². The number of rotatable bonds is 5. The van der Waals surface area contributed by atoms with Gasteiger partial charge in [-0.1, -0.05) is 0 Å². The van der Waals surface area contributed by atoms with E-state index in [9.17, 15) is 14.4 Å². The summed E-state index contributed by atoms with van der Waals surface area (Å²) in [7, 11) is 0. The number of hydrogen-bond acceptors (Lipinski definition) is 8. The number of carbonyl (C=O) groups excluding carboxylic acids is 2. The number of hydrogen-bond donors (Lipinski definition) is 2. The molecule has 1 saturated carbocycles. The van der Waals surface area contributed by atoms with Crippen LogP contribution in [0.5, 0.6) is 5.75 Å². The van der Waals surface area contributed by atoms with Crippen molar-refractivity contribution < 1.29 is 19.1 Å². The van der Waals surface area contributed by atoms with E-state index in [0.29, 0.717) is 42.5 Å². The largest absolute Gasteiger partial charge is 0.480 e. The Bertz CT molecular complexity index is 1510. The molecular formula is C26H24N6O5. The van der Waals surface area contributed by atoms with Gasteiger partial charge in [0.25, 0.3) is 11.5 Å². The molecule has 3 aromatic rings. The molecule has 1 aliphatic carbocycles. The number of aromatic nitrogens is 2. The van der Waals surface area contributed by atoms with Crippen LogP contribution in [0.4, 0.5) is 16.4 Å². The van der Waals surface area contributed by atoms with E-state index in [1.807, 2.05) is 0 Å². The zero-order valence-corrected chi connectivity index (χ0v) is 19.8. The normalized spacial score (nSPS) is 22.5. The molecule has 6 rings (SSSR count). The van der Waals surface area contributed by atoms with Crippen molar-refractivity contribution in [1.82, 2.24) is 14.9 Å². The Morgan fingerprint density at radius 2 is 2.03 bits per heavy atom. The highest BCUT2D eigenvalue weighted by Crippen LogP contribution is 2.37. The number of amides is 2. The summed E-state index contributed by atoms with van der Waals surface area (Å²) in [5, 5.41) is 16.2. The smallest absolute Gasteiger partial charge is 0.416 e. The summed E-state index contributed by atoms with van der Waals surface area (Å²) in [5.41, 5.74) is 1.25. The minimum absolute atomic E-state index is 0.0594. The number of nitrogens with zero attached hydrogens (tertiary/aromatic N) is 4. The first-order chi connectivity index (χ1) is 18.0. The molecule has 2 fully saturated rings. The Morgan fingerprint density at radius 3 is 2.89 bits per heavy atom. The van der Waals surface area contributed by atoms with E-state index in [4.69, 9.17) is 14.7 Å². The number of nitriles is 1. The van der Waals surface area contributed by atoms with Gasteiger partial charge >= 0.3 is 6.09 Å². The Morgan fingerprint density at radius 1 is 1.14 bits per heavy atom. The van der Waals surface area contributed by atoms with Crippen molar-refractivity contribution in [3.8, 4) is 11.8 Å². The zero-order chi connectivity index (χ0) is 25.5. The second-order valence-corrected chi connectivity index (χ2v) is 9.39. The van der Waals surface area contributed by atoms with Crippen molar-refractivity contribution in [2.24, 2.45) is 0 Å². The van der Waals surface area contributed by atoms with Gasteiger partial charge in [0.1, 0.15) is 11.9 Å². The van der Waals surface area contributed by atoms with Crippen LogP contribution in [0.1, 0.15) is 24.8 Å². The predicted molar refractivity (Wildman–Crippen MR) is 133 cm³/mol. The fraction of sp³-hybridized carbons (Fsp3) is 0.346. The first-order valence-corrected chi connectivity index (χ1v) is 12.2. The highest BCUT2D eigenvalue weighted by molar-refractivity contribution is 5.95. The number of carbonyl (C=O) groups is 2. The minimum atomic E-state index is -0.454. The maximum atomic E-state index is 12.8. The third-order valence-corrected chi connectivity index (χ3v) is 7.13. The van der Waals surface area contributed by atoms with Gasteiger partial charge in [-0.2, -0.15) is 5.26 Å². The molecule has 2 N–H and O–H groups in total. The van der Waals surface area contributed by atoms with E-state index in [1.165, 1.54) is 6.07 Å². The van der Waals surface area contributed by atoms with Crippen LogP contribution in [-0.4, -0.2) is 52.9 Å². The molecule has 11 nitrogen and oxygen atoms in total. The predicted octanol–water partition coefficient (Wildman–Crippen LogP) is 2.14. The third kappa shape index (κ3) is 4.25. The Hall–Kier alpha value is -4.43. The second-order valence-electron chi connectivity index (χ2n) is 9.39. The maximum Gasteiger partial charge on any atom is 0.416 e. The zero-order valence-electron chi connectivity index (χ0n) is 19.8. The average molecular weight is 501 g/mol. The molecule has 2 aromatic heterocycles. The van der Waals surface area contributed by atoms with Gasteiger partial charge in [0.15, 0.2) is 18.2 Å². The van der Waals surface area contributed by atoms with Crippen LogP contribution in [0.15, 0.2) is 47.3 Å². The number of fused-ring (bicyclic) bond motifs is 3. The molecule has 0 radical (unpaired) electrons. The molecule has 1 unspecified atom stereocenters. The summed E-state index contributed by atoms with van der Waals surface area (Å²) in [6, 6.07) is 14.1. The molecule has 2 aliphatic heterocycles. The highest BCUT2D eigenvalue weighted by Gasteiger charge is 2.46. The monoisotopic (exact) mass is 500 g/mol. The van der Waals surface area contributed by atoms with Gasteiger partial charge in [-0.3, -0.25) is 14.5 Å². The summed E-state index contributed by atoms with van der Waals surface area (Å²) >= 11 is 0. The molecule has 188 valence electrons. The molecule has 37 heavy (non-hydrogen) atoms. The van der Waals surface area contributed by atoms with Crippen LogP contribution >= 0.6 is 0 Å². The summed E-state index contributed by atoms with van der Waals surface area (Å²) in [6.07, 6.45) is 1.46. The van der Waals surface area contributed by atoms with Crippen LogP contribution in [-0.2, 0) is 16.1 Å². The van der Waals surface area contributed by atoms with Crippen LogP contribution in [0.2, 0.25) is 0 Å². The van der Waals surface area contributed by atoms with Gasteiger partial charge < -0.3 is 24.7 Å². The molecule has 11 heteroatoms. The summed E-state index contributed by atoms with van der Waals surface area (Å²) in [6.45, 7) is 0.992. The first-order valence-electron chi connectivity index (χ1n) is 12.2. The van der Waals surface area contributed by atoms with Crippen LogP contribution in [0.3, 0.4) is 0 Å². The molecule has 0 spiro atoms. The standard InChI is InChI=1S/C26H24N6O5/c27-13-15-1-4-18-16(11-15)2-8-24(34)31(18)10-9-28-17-3-5-19-21(12-17)37-26(35)32(19)22-7-6-20-25(29-22)30-23(33)14-36-20/h1-2,4,6-8,11,17,19,21,28H,3,5,9-10,12,14H2,(H,29,30,33)/t17-,19?,21-/m0/s1. The summed E-state index contributed by atoms with van der Waals surface area (Å²) < 4.78 is 12.8. The molecular weight excluding hydrogens is 476 g/mol. The SMILES string of the molecule is N#Cc1ccc2c(ccc(=O)n2CCN[C@H]2CCC3[C@H](C2)OC(=O)N3c2ccc3c(n2)NC(=O)CO3)c1. The minimum Gasteiger partial charge on any atom is -0.480 e. The molecule has 3 aliphatic rings. The fourth-order valence-electron chi connectivity index (χ4n) is 5.38. The van der Waals surface area contributed by atoms with Gasteiger partial charge in [-0.25, -0.2) is 9.78 Å².